The number of carbonyl (C=O) groups excluding carboxylic acids is 2. The molecule has 0 aromatic heterocycles. The first-order valence-corrected chi connectivity index (χ1v) is 6.72. The number of hydrogen-bond donors (Lipinski definition) is 1. The summed E-state index contributed by atoms with van der Waals surface area (Å²) in [5.74, 6) is -0.969. The van der Waals surface area contributed by atoms with Crippen molar-refractivity contribution in [1.82, 2.24) is 0 Å². The Bertz CT molecular complexity index is 775. The fraction of sp³-hybridized carbons (Fsp3) is 0.333. The van der Waals surface area contributed by atoms with Gasteiger partial charge in [0.2, 0.25) is 18.3 Å². The third-order valence-corrected chi connectivity index (χ3v) is 4.13. The Morgan fingerprint density at radius 1 is 1.14 bits per heavy atom. The van der Waals surface area contributed by atoms with Crippen molar-refractivity contribution in [3.8, 4) is 23.0 Å². The number of ketones is 2. The second-order valence-electron chi connectivity index (χ2n) is 5.20. The summed E-state index contributed by atoms with van der Waals surface area (Å²) >= 11 is 0. The van der Waals surface area contributed by atoms with Crippen LogP contribution in [0.15, 0.2) is 11.1 Å². The normalized spacial score (nSPS) is 22.0. The zero-order valence-electron chi connectivity index (χ0n) is 11.9. The van der Waals surface area contributed by atoms with Gasteiger partial charge in [0.15, 0.2) is 23.1 Å². The maximum absolute atomic E-state index is 12.7. The van der Waals surface area contributed by atoms with E-state index in [-0.39, 0.29) is 53.1 Å². The van der Waals surface area contributed by atoms with Gasteiger partial charge in [-0.15, -0.1) is 0 Å². The van der Waals surface area contributed by atoms with Crippen LogP contribution >= 0.6 is 0 Å². The van der Waals surface area contributed by atoms with Crippen LogP contribution in [0.5, 0.6) is 23.0 Å². The predicted octanol–water partition coefficient (Wildman–Crippen LogP) is 1.22. The van der Waals surface area contributed by atoms with Gasteiger partial charge in [-0.1, -0.05) is 0 Å². The molecule has 4 rings (SSSR count). The van der Waals surface area contributed by atoms with Crippen molar-refractivity contribution < 1.29 is 33.6 Å². The van der Waals surface area contributed by atoms with Gasteiger partial charge >= 0.3 is 0 Å². The summed E-state index contributed by atoms with van der Waals surface area (Å²) in [5.41, 5.74) is 0.489. The monoisotopic (exact) mass is 304 g/mol. The third kappa shape index (κ3) is 1.38. The largest absolute Gasteiger partial charge is 0.504 e. The van der Waals surface area contributed by atoms with E-state index >= 15 is 0 Å². The highest BCUT2D eigenvalue weighted by atomic mass is 16.7. The standard InChI is InChI=1S/C15H12O7/c1-5-7-6(3-20-5)10(16)9-8(11(7)17)12(18)14-15(13(9)19-2)22-4-21-14/h5,18H,3-4H2,1-2H3/t5-/m0/s1. The average molecular weight is 304 g/mol. The van der Waals surface area contributed by atoms with Gasteiger partial charge in [-0.3, -0.25) is 9.59 Å². The topological polar surface area (TPSA) is 91.3 Å². The van der Waals surface area contributed by atoms with Crippen LogP contribution in [0.1, 0.15) is 27.6 Å². The minimum Gasteiger partial charge on any atom is -0.504 e. The second-order valence-corrected chi connectivity index (χ2v) is 5.20. The summed E-state index contributed by atoms with van der Waals surface area (Å²) in [6.45, 7) is 1.65. The SMILES string of the molecule is COc1c2c(c(O)c3c1C(=O)C1=C(C3=O)[C@H](C)OC1)OCO2. The average Bonchev–Trinajstić information content (AvgIpc) is 3.12. The Morgan fingerprint density at radius 2 is 1.86 bits per heavy atom. The Labute approximate surface area is 125 Å². The molecule has 0 amide bonds. The fourth-order valence-electron chi connectivity index (χ4n) is 3.12. The molecule has 0 spiro atoms. The predicted molar refractivity (Wildman–Crippen MR) is 71.9 cm³/mol. The number of phenols is 1. The van der Waals surface area contributed by atoms with E-state index in [2.05, 4.69) is 0 Å². The minimum absolute atomic E-state index is 0.00528. The molecule has 1 aromatic carbocycles. The zero-order valence-corrected chi connectivity index (χ0v) is 11.9. The van der Waals surface area contributed by atoms with Crippen LogP contribution in [-0.4, -0.2) is 43.3 Å². The number of rotatable bonds is 1. The van der Waals surface area contributed by atoms with Gasteiger partial charge in [-0.2, -0.15) is 0 Å². The summed E-state index contributed by atoms with van der Waals surface area (Å²) in [6.07, 6.45) is -0.490. The van der Waals surface area contributed by atoms with Crippen molar-refractivity contribution in [1.29, 1.82) is 0 Å². The summed E-state index contributed by atoms with van der Waals surface area (Å²) in [6, 6.07) is 0. The molecule has 1 atom stereocenters. The molecule has 0 saturated heterocycles. The minimum atomic E-state index is -0.490. The van der Waals surface area contributed by atoms with E-state index in [4.69, 9.17) is 18.9 Å². The number of Topliss-reactive ketones (excluding diaryl/α,β-unsaturated/α-hetero) is 2. The number of hydrogen-bond acceptors (Lipinski definition) is 7. The highest BCUT2D eigenvalue weighted by Gasteiger charge is 2.45. The smallest absolute Gasteiger partial charge is 0.231 e. The quantitative estimate of drug-likeness (QED) is 0.834. The van der Waals surface area contributed by atoms with Gasteiger partial charge in [0, 0.05) is 11.1 Å². The van der Waals surface area contributed by atoms with Gasteiger partial charge in [0.05, 0.1) is 30.9 Å². The molecule has 0 fully saturated rings. The van der Waals surface area contributed by atoms with E-state index < -0.39 is 17.6 Å². The first kappa shape index (κ1) is 13.1. The molecule has 2 aliphatic heterocycles. The molecule has 0 bridgehead atoms. The lowest BCUT2D eigenvalue weighted by atomic mass is 9.82. The maximum atomic E-state index is 12.7. The summed E-state index contributed by atoms with van der Waals surface area (Å²) in [4.78, 5) is 25.5. The van der Waals surface area contributed by atoms with Gasteiger partial charge in [0.25, 0.3) is 0 Å². The molecule has 7 heteroatoms. The maximum Gasteiger partial charge on any atom is 0.231 e. The van der Waals surface area contributed by atoms with E-state index in [1.165, 1.54) is 7.11 Å². The van der Waals surface area contributed by atoms with E-state index in [0.29, 0.717) is 5.57 Å². The number of carbonyl (C=O) groups is 2. The van der Waals surface area contributed by atoms with Gasteiger partial charge in [-0.25, -0.2) is 0 Å². The van der Waals surface area contributed by atoms with Crippen molar-refractivity contribution in [3.05, 3.63) is 22.3 Å². The summed E-state index contributed by atoms with van der Waals surface area (Å²) < 4.78 is 21.1. The summed E-state index contributed by atoms with van der Waals surface area (Å²) in [5, 5.41) is 10.4. The van der Waals surface area contributed by atoms with Crippen LogP contribution in [0.3, 0.4) is 0 Å². The van der Waals surface area contributed by atoms with Crippen LogP contribution in [-0.2, 0) is 4.74 Å². The van der Waals surface area contributed by atoms with E-state index in [0.717, 1.165) is 0 Å². The number of fused-ring (bicyclic) bond motifs is 2. The number of aromatic hydroxyl groups is 1. The van der Waals surface area contributed by atoms with Gasteiger partial charge in [0.1, 0.15) is 0 Å². The van der Waals surface area contributed by atoms with E-state index in [1.807, 2.05) is 0 Å². The Balaban J connectivity index is 2.07. The number of phenolic OH excluding ortho intramolecular Hbond substituents is 1. The molecule has 1 N–H and O–H groups in total. The Hall–Kier alpha value is -2.54. The second kappa shape index (κ2) is 4.23. The number of benzene rings is 1. The van der Waals surface area contributed by atoms with Crippen LogP contribution in [0, 0.1) is 0 Å². The summed E-state index contributed by atoms with van der Waals surface area (Å²) in [7, 11) is 1.37. The molecule has 1 aromatic rings. The van der Waals surface area contributed by atoms with E-state index in [1.54, 1.807) is 6.92 Å². The lowest BCUT2D eigenvalue weighted by Gasteiger charge is -2.21. The first-order valence-electron chi connectivity index (χ1n) is 6.72. The van der Waals surface area contributed by atoms with Crippen molar-refractivity contribution in [2.45, 2.75) is 13.0 Å². The number of methoxy groups -OCH3 is 1. The van der Waals surface area contributed by atoms with Gasteiger partial charge < -0.3 is 24.1 Å². The van der Waals surface area contributed by atoms with Crippen molar-refractivity contribution in [3.63, 3.8) is 0 Å². The molecule has 3 aliphatic rings. The van der Waals surface area contributed by atoms with Crippen molar-refractivity contribution in [2.24, 2.45) is 0 Å². The first-order chi connectivity index (χ1) is 10.6. The van der Waals surface area contributed by atoms with Gasteiger partial charge in [-0.05, 0) is 6.92 Å². The molecular formula is C15H12O7. The van der Waals surface area contributed by atoms with Crippen molar-refractivity contribution >= 4 is 11.6 Å². The molecule has 0 unspecified atom stereocenters. The molecule has 114 valence electrons. The molecule has 1 aliphatic carbocycles. The fourth-order valence-corrected chi connectivity index (χ4v) is 3.12. The van der Waals surface area contributed by atoms with E-state index in [9.17, 15) is 14.7 Å². The molecule has 22 heavy (non-hydrogen) atoms. The lowest BCUT2D eigenvalue weighted by Crippen LogP contribution is -2.24. The third-order valence-electron chi connectivity index (χ3n) is 4.13. The number of ether oxygens (including phenoxy) is 4. The highest BCUT2D eigenvalue weighted by molar-refractivity contribution is 6.30. The van der Waals surface area contributed by atoms with Crippen molar-refractivity contribution in [2.75, 3.05) is 20.5 Å². The Kier molecular flexibility index (Phi) is 2.53. The van der Waals surface area contributed by atoms with Crippen LogP contribution in [0.2, 0.25) is 0 Å². The molecule has 7 nitrogen and oxygen atoms in total. The molecular weight excluding hydrogens is 292 g/mol. The van der Waals surface area contributed by atoms with Crippen LogP contribution in [0.4, 0.5) is 0 Å². The lowest BCUT2D eigenvalue weighted by molar-refractivity contribution is 0.0957. The van der Waals surface area contributed by atoms with Crippen LogP contribution in [0.25, 0.3) is 0 Å². The Morgan fingerprint density at radius 3 is 2.59 bits per heavy atom. The molecule has 2 heterocycles. The molecule has 0 saturated carbocycles. The van der Waals surface area contributed by atoms with Crippen LogP contribution < -0.4 is 14.2 Å². The zero-order chi connectivity index (χ0) is 15.6. The highest BCUT2D eigenvalue weighted by Crippen LogP contribution is 2.54. The molecule has 0 radical (unpaired) electrons.